The van der Waals surface area contributed by atoms with Crippen LogP contribution in [0.25, 0.3) is 10.2 Å². The quantitative estimate of drug-likeness (QED) is 0.853. The van der Waals surface area contributed by atoms with Gasteiger partial charge in [-0.05, 0) is 44.1 Å². The number of ether oxygens (including phenoxy) is 1. The van der Waals surface area contributed by atoms with Crippen LogP contribution < -0.4 is 5.56 Å². The van der Waals surface area contributed by atoms with E-state index < -0.39 is 0 Å². The number of aromatic nitrogens is 2. The van der Waals surface area contributed by atoms with Crippen molar-refractivity contribution >= 4 is 21.6 Å². The van der Waals surface area contributed by atoms with Crippen LogP contribution in [0.1, 0.15) is 36.1 Å². The largest absolute Gasteiger partial charge is 0.376 e. The van der Waals surface area contributed by atoms with Crippen LogP contribution in [-0.2, 0) is 24.1 Å². The van der Waals surface area contributed by atoms with E-state index in [1.807, 2.05) is 0 Å². The molecule has 2 aromatic heterocycles. The Morgan fingerprint density at radius 1 is 1.35 bits per heavy atom. The van der Waals surface area contributed by atoms with Crippen molar-refractivity contribution in [3.05, 3.63) is 27.1 Å². The van der Waals surface area contributed by atoms with Gasteiger partial charge in [-0.3, -0.25) is 9.36 Å². The van der Waals surface area contributed by atoms with Crippen molar-refractivity contribution in [2.45, 2.75) is 51.2 Å². The van der Waals surface area contributed by atoms with Crippen molar-refractivity contribution in [3.8, 4) is 0 Å². The minimum atomic E-state index is 0.130. The Labute approximate surface area is 121 Å². The van der Waals surface area contributed by atoms with Crippen molar-refractivity contribution in [1.29, 1.82) is 0 Å². The molecule has 3 heterocycles. The van der Waals surface area contributed by atoms with Crippen LogP contribution in [0.5, 0.6) is 0 Å². The molecule has 1 aliphatic heterocycles. The summed E-state index contributed by atoms with van der Waals surface area (Å²) >= 11 is 1.71. The predicted molar refractivity (Wildman–Crippen MR) is 79.5 cm³/mol. The lowest BCUT2D eigenvalue weighted by Gasteiger charge is -2.12. The molecular weight excluding hydrogens is 272 g/mol. The van der Waals surface area contributed by atoms with Gasteiger partial charge in [-0.2, -0.15) is 0 Å². The summed E-state index contributed by atoms with van der Waals surface area (Å²) in [6.07, 6.45) is 8.62. The summed E-state index contributed by atoms with van der Waals surface area (Å²) in [5, 5.41) is 0.880. The molecular formula is C15H18N2O2S. The number of nitrogens with zero attached hydrogens (tertiary/aromatic N) is 2. The Balaban J connectivity index is 1.79. The SMILES string of the molecule is O=c1c2c3c(sc2ncn1C[C@H]1CCCO1)CCCC3. The average Bonchev–Trinajstić information content (AvgIpc) is 3.09. The molecule has 0 aromatic carbocycles. The van der Waals surface area contributed by atoms with E-state index in [0.717, 1.165) is 42.5 Å². The Bertz CT molecular complexity index is 698. The lowest BCUT2D eigenvalue weighted by molar-refractivity contribution is 0.0960. The predicted octanol–water partition coefficient (Wildman–Crippen LogP) is 2.52. The molecule has 1 fully saturated rings. The Morgan fingerprint density at radius 3 is 3.10 bits per heavy atom. The third-order valence-corrected chi connectivity index (χ3v) is 5.57. The molecule has 4 rings (SSSR count). The fourth-order valence-corrected chi connectivity index (χ4v) is 4.54. The maximum absolute atomic E-state index is 12.7. The Kier molecular flexibility index (Phi) is 3.11. The maximum atomic E-state index is 12.7. The van der Waals surface area contributed by atoms with E-state index in [9.17, 15) is 4.79 Å². The van der Waals surface area contributed by atoms with Gasteiger partial charge in [0.05, 0.1) is 24.4 Å². The van der Waals surface area contributed by atoms with E-state index in [0.29, 0.717) is 6.54 Å². The highest BCUT2D eigenvalue weighted by Crippen LogP contribution is 2.33. The molecule has 1 aliphatic carbocycles. The molecule has 20 heavy (non-hydrogen) atoms. The molecule has 4 nitrogen and oxygen atoms in total. The van der Waals surface area contributed by atoms with E-state index in [2.05, 4.69) is 4.98 Å². The molecule has 0 spiro atoms. The average molecular weight is 290 g/mol. The first-order valence-electron chi connectivity index (χ1n) is 7.44. The molecule has 106 valence electrons. The van der Waals surface area contributed by atoms with Gasteiger partial charge in [-0.15, -0.1) is 11.3 Å². The lowest BCUT2D eigenvalue weighted by atomic mass is 9.97. The first kappa shape index (κ1) is 12.5. The third kappa shape index (κ3) is 2.00. The van der Waals surface area contributed by atoms with E-state index in [1.54, 1.807) is 22.2 Å². The molecule has 0 radical (unpaired) electrons. The van der Waals surface area contributed by atoms with Gasteiger partial charge in [-0.1, -0.05) is 0 Å². The van der Waals surface area contributed by atoms with E-state index in [1.165, 1.54) is 23.3 Å². The molecule has 0 amide bonds. The van der Waals surface area contributed by atoms with Crippen LogP contribution in [0, 0.1) is 0 Å². The summed E-state index contributed by atoms with van der Waals surface area (Å²) in [5.74, 6) is 0. The van der Waals surface area contributed by atoms with E-state index in [-0.39, 0.29) is 11.7 Å². The summed E-state index contributed by atoms with van der Waals surface area (Å²) in [5.41, 5.74) is 1.40. The Hall–Kier alpha value is -1.20. The van der Waals surface area contributed by atoms with Gasteiger partial charge in [0, 0.05) is 11.5 Å². The Morgan fingerprint density at radius 2 is 2.25 bits per heavy atom. The van der Waals surface area contributed by atoms with Gasteiger partial charge in [0.1, 0.15) is 4.83 Å². The van der Waals surface area contributed by atoms with Crippen LogP contribution in [0.3, 0.4) is 0 Å². The van der Waals surface area contributed by atoms with Gasteiger partial charge in [0.25, 0.3) is 5.56 Å². The van der Waals surface area contributed by atoms with Gasteiger partial charge in [0.2, 0.25) is 0 Å². The van der Waals surface area contributed by atoms with Gasteiger partial charge >= 0.3 is 0 Å². The maximum Gasteiger partial charge on any atom is 0.262 e. The van der Waals surface area contributed by atoms with Crippen LogP contribution in [-0.4, -0.2) is 22.3 Å². The van der Waals surface area contributed by atoms with E-state index in [4.69, 9.17) is 4.74 Å². The summed E-state index contributed by atoms with van der Waals surface area (Å²) < 4.78 is 7.38. The number of hydrogen-bond donors (Lipinski definition) is 0. The summed E-state index contributed by atoms with van der Waals surface area (Å²) in [7, 11) is 0. The van der Waals surface area contributed by atoms with Crippen molar-refractivity contribution in [2.24, 2.45) is 0 Å². The number of thiophene rings is 1. The third-order valence-electron chi connectivity index (χ3n) is 4.37. The second-order valence-corrected chi connectivity index (χ2v) is 6.81. The molecule has 2 aromatic rings. The van der Waals surface area contributed by atoms with Crippen molar-refractivity contribution < 1.29 is 4.74 Å². The van der Waals surface area contributed by atoms with E-state index >= 15 is 0 Å². The highest BCUT2D eigenvalue weighted by Gasteiger charge is 2.22. The molecule has 2 aliphatic rings. The summed E-state index contributed by atoms with van der Waals surface area (Å²) in [4.78, 5) is 19.5. The van der Waals surface area contributed by atoms with Crippen LogP contribution in [0.15, 0.2) is 11.1 Å². The molecule has 0 saturated carbocycles. The summed E-state index contributed by atoms with van der Waals surface area (Å²) in [6, 6.07) is 0. The van der Waals surface area contributed by atoms with Gasteiger partial charge in [0.15, 0.2) is 0 Å². The fraction of sp³-hybridized carbons (Fsp3) is 0.600. The highest BCUT2D eigenvalue weighted by molar-refractivity contribution is 7.18. The van der Waals surface area contributed by atoms with Crippen LogP contribution in [0.4, 0.5) is 0 Å². The van der Waals surface area contributed by atoms with Crippen LogP contribution >= 0.6 is 11.3 Å². The number of hydrogen-bond acceptors (Lipinski definition) is 4. The number of rotatable bonds is 2. The molecule has 0 bridgehead atoms. The fourth-order valence-electron chi connectivity index (χ4n) is 3.32. The lowest BCUT2D eigenvalue weighted by Crippen LogP contribution is -2.26. The number of fused-ring (bicyclic) bond motifs is 3. The minimum Gasteiger partial charge on any atom is -0.376 e. The monoisotopic (exact) mass is 290 g/mol. The smallest absolute Gasteiger partial charge is 0.262 e. The molecule has 0 unspecified atom stereocenters. The second kappa shape index (κ2) is 4.97. The minimum absolute atomic E-state index is 0.130. The normalized spacial score (nSPS) is 22.3. The first-order chi connectivity index (χ1) is 9.83. The summed E-state index contributed by atoms with van der Waals surface area (Å²) in [6.45, 7) is 1.47. The van der Waals surface area contributed by atoms with Crippen molar-refractivity contribution in [1.82, 2.24) is 9.55 Å². The highest BCUT2D eigenvalue weighted by atomic mass is 32.1. The standard InChI is InChI=1S/C15H18N2O2S/c18-15-13-11-5-1-2-6-12(11)20-14(13)16-9-17(15)8-10-4-3-7-19-10/h9-10H,1-8H2/t10-/m1/s1. The first-order valence-corrected chi connectivity index (χ1v) is 8.26. The van der Waals surface area contributed by atoms with Crippen molar-refractivity contribution in [3.63, 3.8) is 0 Å². The molecule has 1 saturated heterocycles. The number of aryl methyl sites for hydroxylation is 2. The molecule has 1 atom stereocenters. The molecule has 0 N–H and O–H groups in total. The zero-order valence-electron chi connectivity index (χ0n) is 11.4. The van der Waals surface area contributed by atoms with Crippen LogP contribution in [0.2, 0.25) is 0 Å². The second-order valence-electron chi connectivity index (χ2n) is 5.73. The van der Waals surface area contributed by atoms with Gasteiger partial charge in [-0.25, -0.2) is 4.98 Å². The zero-order valence-corrected chi connectivity index (χ0v) is 12.2. The topological polar surface area (TPSA) is 44.1 Å². The molecule has 5 heteroatoms. The van der Waals surface area contributed by atoms with Crippen molar-refractivity contribution in [2.75, 3.05) is 6.61 Å². The zero-order chi connectivity index (χ0) is 13.5. The van der Waals surface area contributed by atoms with Gasteiger partial charge < -0.3 is 4.74 Å².